The van der Waals surface area contributed by atoms with E-state index in [0.29, 0.717) is 0 Å². The van der Waals surface area contributed by atoms with Crippen LogP contribution in [0.5, 0.6) is 0 Å². The predicted octanol–water partition coefficient (Wildman–Crippen LogP) is 3.29. The lowest BCUT2D eigenvalue weighted by Gasteiger charge is -2.33. The number of piperidine rings is 1. The highest BCUT2D eigenvalue weighted by Gasteiger charge is 2.25. The van der Waals surface area contributed by atoms with Gasteiger partial charge in [-0.2, -0.15) is 4.52 Å². The SMILES string of the molecule is Cc1nc2c3ccccc3nc(N3CCC(NC(=O)c4ccccc4C)CC3)n2n1. The lowest BCUT2D eigenvalue weighted by atomic mass is 10.0. The van der Waals surface area contributed by atoms with Gasteiger partial charge in [0.25, 0.3) is 5.91 Å². The highest BCUT2D eigenvalue weighted by Crippen LogP contribution is 2.25. The minimum Gasteiger partial charge on any atom is -0.349 e. The molecule has 1 aliphatic heterocycles. The Kier molecular flexibility index (Phi) is 4.58. The zero-order valence-electron chi connectivity index (χ0n) is 17.2. The number of amides is 1. The van der Waals surface area contributed by atoms with E-state index in [1.807, 2.05) is 66.9 Å². The molecule has 1 N–H and O–H groups in total. The van der Waals surface area contributed by atoms with E-state index in [-0.39, 0.29) is 11.9 Å². The molecule has 0 spiro atoms. The van der Waals surface area contributed by atoms with Crippen molar-refractivity contribution < 1.29 is 4.79 Å². The molecule has 152 valence electrons. The molecule has 3 heterocycles. The number of fused-ring (bicyclic) bond motifs is 3. The first-order valence-electron chi connectivity index (χ1n) is 10.3. The van der Waals surface area contributed by atoms with Crippen molar-refractivity contribution in [2.45, 2.75) is 32.7 Å². The van der Waals surface area contributed by atoms with Gasteiger partial charge in [0, 0.05) is 30.1 Å². The smallest absolute Gasteiger partial charge is 0.251 e. The molecule has 4 aromatic rings. The van der Waals surface area contributed by atoms with Gasteiger partial charge in [-0.25, -0.2) is 9.97 Å². The molecule has 7 heteroatoms. The third kappa shape index (κ3) is 3.26. The van der Waals surface area contributed by atoms with Crippen LogP contribution in [0.15, 0.2) is 48.5 Å². The number of benzene rings is 2. The molecule has 0 atom stereocenters. The van der Waals surface area contributed by atoms with Crippen LogP contribution in [-0.4, -0.2) is 44.6 Å². The van der Waals surface area contributed by atoms with Gasteiger partial charge in [0.05, 0.1) is 5.52 Å². The molecule has 1 fully saturated rings. The molecule has 0 aliphatic carbocycles. The molecule has 0 unspecified atom stereocenters. The summed E-state index contributed by atoms with van der Waals surface area (Å²) in [6.45, 7) is 5.48. The third-order valence-electron chi connectivity index (χ3n) is 5.77. The van der Waals surface area contributed by atoms with Crippen LogP contribution in [0.1, 0.15) is 34.6 Å². The highest BCUT2D eigenvalue weighted by atomic mass is 16.1. The number of nitrogens with zero attached hydrogens (tertiary/aromatic N) is 5. The van der Waals surface area contributed by atoms with Crippen molar-refractivity contribution in [2.24, 2.45) is 0 Å². The van der Waals surface area contributed by atoms with Crippen LogP contribution in [0.3, 0.4) is 0 Å². The fourth-order valence-corrected chi connectivity index (χ4v) is 4.16. The standard InChI is InChI=1S/C23H24N6O/c1-15-7-3-4-8-18(15)22(30)25-17-11-13-28(14-12-17)23-26-20-10-6-5-9-19(20)21-24-16(2)27-29(21)23/h3-10,17H,11-14H2,1-2H3,(H,25,30). The Morgan fingerprint density at radius 1 is 1.00 bits per heavy atom. The van der Waals surface area contributed by atoms with Crippen molar-refractivity contribution >= 4 is 28.4 Å². The van der Waals surface area contributed by atoms with Crippen molar-refractivity contribution in [3.63, 3.8) is 0 Å². The number of nitrogens with one attached hydrogen (secondary N) is 1. The predicted molar refractivity (Wildman–Crippen MR) is 117 cm³/mol. The first-order chi connectivity index (χ1) is 14.6. The zero-order valence-corrected chi connectivity index (χ0v) is 17.2. The molecule has 1 saturated heterocycles. The second-order valence-corrected chi connectivity index (χ2v) is 7.87. The van der Waals surface area contributed by atoms with Crippen molar-refractivity contribution in [3.05, 3.63) is 65.5 Å². The number of carbonyl (C=O) groups is 1. The summed E-state index contributed by atoms with van der Waals surface area (Å²) >= 11 is 0. The number of rotatable bonds is 3. The average Bonchev–Trinajstić information content (AvgIpc) is 3.16. The average molecular weight is 400 g/mol. The molecular formula is C23H24N6O. The molecule has 0 radical (unpaired) electrons. The first-order valence-corrected chi connectivity index (χ1v) is 10.3. The summed E-state index contributed by atoms with van der Waals surface area (Å²) in [5, 5.41) is 8.79. The zero-order chi connectivity index (χ0) is 20.7. The molecule has 2 aromatic heterocycles. The van der Waals surface area contributed by atoms with Crippen LogP contribution in [0.2, 0.25) is 0 Å². The molecule has 5 rings (SSSR count). The molecular weight excluding hydrogens is 376 g/mol. The second-order valence-electron chi connectivity index (χ2n) is 7.87. The van der Waals surface area contributed by atoms with E-state index < -0.39 is 0 Å². The van der Waals surface area contributed by atoms with Gasteiger partial charge in [0.1, 0.15) is 5.82 Å². The lowest BCUT2D eigenvalue weighted by Crippen LogP contribution is -2.45. The maximum Gasteiger partial charge on any atom is 0.251 e. The largest absolute Gasteiger partial charge is 0.349 e. The van der Waals surface area contributed by atoms with Crippen molar-refractivity contribution in [1.82, 2.24) is 24.9 Å². The Balaban J connectivity index is 1.36. The van der Waals surface area contributed by atoms with Crippen LogP contribution >= 0.6 is 0 Å². The Hall–Kier alpha value is -3.48. The topological polar surface area (TPSA) is 75.4 Å². The van der Waals surface area contributed by atoms with E-state index in [0.717, 1.165) is 65.4 Å². The van der Waals surface area contributed by atoms with E-state index >= 15 is 0 Å². The number of aryl methyl sites for hydroxylation is 2. The normalized spacial score (nSPS) is 15.1. The van der Waals surface area contributed by atoms with Gasteiger partial charge < -0.3 is 10.2 Å². The van der Waals surface area contributed by atoms with Gasteiger partial charge in [0.15, 0.2) is 5.65 Å². The van der Waals surface area contributed by atoms with Crippen LogP contribution in [0, 0.1) is 13.8 Å². The van der Waals surface area contributed by atoms with Crippen LogP contribution < -0.4 is 10.2 Å². The van der Waals surface area contributed by atoms with Gasteiger partial charge >= 0.3 is 0 Å². The van der Waals surface area contributed by atoms with Crippen molar-refractivity contribution in [2.75, 3.05) is 18.0 Å². The Morgan fingerprint density at radius 2 is 1.73 bits per heavy atom. The Bertz CT molecular complexity index is 1240. The molecule has 7 nitrogen and oxygen atoms in total. The van der Waals surface area contributed by atoms with Crippen LogP contribution in [0.25, 0.3) is 16.6 Å². The summed E-state index contributed by atoms with van der Waals surface area (Å²) in [5.41, 5.74) is 3.50. The molecule has 30 heavy (non-hydrogen) atoms. The second kappa shape index (κ2) is 7.40. The lowest BCUT2D eigenvalue weighted by molar-refractivity contribution is 0.0930. The molecule has 2 aromatic carbocycles. The summed E-state index contributed by atoms with van der Waals surface area (Å²) in [4.78, 5) is 24.4. The highest BCUT2D eigenvalue weighted by molar-refractivity contribution is 5.95. The van der Waals surface area contributed by atoms with Crippen molar-refractivity contribution in [1.29, 1.82) is 0 Å². The van der Waals surface area contributed by atoms with Gasteiger partial charge in [-0.05, 0) is 50.5 Å². The van der Waals surface area contributed by atoms with E-state index in [9.17, 15) is 4.79 Å². The van der Waals surface area contributed by atoms with E-state index in [1.165, 1.54) is 0 Å². The fourth-order valence-electron chi connectivity index (χ4n) is 4.16. The van der Waals surface area contributed by atoms with E-state index in [4.69, 9.17) is 4.98 Å². The van der Waals surface area contributed by atoms with E-state index in [2.05, 4.69) is 20.3 Å². The summed E-state index contributed by atoms with van der Waals surface area (Å²) in [5.74, 6) is 1.55. The number of hydrogen-bond acceptors (Lipinski definition) is 5. The monoisotopic (exact) mass is 400 g/mol. The van der Waals surface area contributed by atoms with Gasteiger partial charge in [-0.15, -0.1) is 5.10 Å². The Morgan fingerprint density at radius 3 is 2.53 bits per heavy atom. The molecule has 0 saturated carbocycles. The maximum absolute atomic E-state index is 12.6. The number of para-hydroxylation sites is 1. The summed E-state index contributed by atoms with van der Waals surface area (Å²) in [6, 6.07) is 15.9. The quantitative estimate of drug-likeness (QED) is 0.571. The number of anilines is 1. The first kappa shape index (κ1) is 18.5. The number of hydrogen-bond donors (Lipinski definition) is 1. The molecule has 1 amide bonds. The molecule has 0 bridgehead atoms. The summed E-state index contributed by atoms with van der Waals surface area (Å²) in [6.07, 6.45) is 1.72. The fraction of sp³-hybridized carbons (Fsp3) is 0.304. The number of carbonyl (C=O) groups excluding carboxylic acids is 1. The third-order valence-corrected chi connectivity index (χ3v) is 5.77. The minimum absolute atomic E-state index is 0.00433. The van der Waals surface area contributed by atoms with Gasteiger partial charge in [0.2, 0.25) is 5.95 Å². The summed E-state index contributed by atoms with van der Waals surface area (Å²) < 4.78 is 1.85. The molecule has 1 aliphatic rings. The van der Waals surface area contributed by atoms with Crippen LogP contribution in [0.4, 0.5) is 5.95 Å². The van der Waals surface area contributed by atoms with Crippen LogP contribution in [-0.2, 0) is 0 Å². The van der Waals surface area contributed by atoms with E-state index in [1.54, 1.807) is 0 Å². The van der Waals surface area contributed by atoms with Crippen molar-refractivity contribution in [3.8, 4) is 0 Å². The minimum atomic E-state index is 0.00433. The Labute approximate surface area is 174 Å². The maximum atomic E-state index is 12.6. The number of aromatic nitrogens is 4. The summed E-state index contributed by atoms with van der Waals surface area (Å²) in [7, 11) is 0. The van der Waals surface area contributed by atoms with Gasteiger partial charge in [-0.1, -0.05) is 30.3 Å². The van der Waals surface area contributed by atoms with Gasteiger partial charge in [-0.3, -0.25) is 4.79 Å².